The number of hydrogen-bond acceptors (Lipinski definition) is 1. The predicted molar refractivity (Wildman–Crippen MR) is 51.6 cm³/mol. The highest BCUT2D eigenvalue weighted by molar-refractivity contribution is 5.29. The first kappa shape index (κ1) is 10.2. The molecule has 11 heavy (non-hydrogen) atoms. The molecule has 0 aromatic heterocycles. The molecular formula is C10H17N. The van der Waals surface area contributed by atoms with Crippen molar-refractivity contribution >= 4 is 0 Å². The van der Waals surface area contributed by atoms with E-state index in [9.17, 15) is 0 Å². The lowest BCUT2D eigenvalue weighted by atomic mass is 10.2. The second kappa shape index (κ2) is 4.91. The first-order valence-electron chi connectivity index (χ1n) is 3.73. The van der Waals surface area contributed by atoms with E-state index in [-0.39, 0.29) is 0 Å². The van der Waals surface area contributed by atoms with E-state index in [1.165, 1.54) is 11.1 Å². The standard InChI is InChI=1S/C8H13N.C2H4/c1-4-8-6-9(3)5-7(8)2;1-2/h4H,1,5-6H2,2-3H3;1-2H2. The minimum atomic E-state index is 1.08. The van der Waals surface area contributed by atoms with Gasteiger partial charge in [-0.3, -0.25) is 4.90 Å². The van der Waals surface area contributed by atoms with Crippen LogP contribution in [0, 0.1) is 0 Å². The first-order valence-corrected chi connectivity index (χ1v) is 3.73. The average molecular weight is 151 g/mol. The summed E-state index contributed by atoms with van der Waals surface area (Å²) in [7, 11) is 2.12. The lowest BCUT2D eigenvalue weighted by Gasteiger charge is -2.04. The van der Waals surface area contributed by atoms with Crippen LogP contribution in [0.1, 0.15) is 6.92 Å². The predicted octanol–water partition coefficient (Wildman–Crippen LogP) is 2.24. The third-order valence-corrected chi connectivity index (χ3v) is 1.74. The van der Waals surface area contributed by atoms with Crippen LogP contribution in [0.4, 0.5) is 0 Å². The minimum Gasteiger partial charge on any atom is -0.298 e. The summed E-state index contributed by atoms with van der Waals surface area (Å²) in [6, 6.07) is 0. The van der Waals surface area contributed by atoms with Crippen LogP contribution in [0.15, 0.2) is 37.0 Å². The Balaban J connectivity index is 0.000000461. The number of hydrogen-bond donors (Lipinski definition) is 0. The third kappa shape index (κ3) is 2.72. The van der Waals surface area contributed by atoms with Crippen molar-refractivity contribution in [1.82, 2.24) is 4.90 Å². The van der Waals surface area contributed by atoms with Crippen molar-refractivity contribution in [1.29, 1.82) is 0 Å². The van der Waals surface area contributed by atoms with Crippen LogP contribution < -0.4 is 0 Å². The van der Waals surface area contributed by atoms with E-state index in [0.717, 1.165) is 13.1 Å². The highest BCUT2D eigenvalue weighted by Crippen LogP contribution is 2.14. The molecule has 1 aliphatic heterocycles. The summed E-state index contributed by atoms with van der Waals surface area (Å²) in [5.41, 5.74) is 2.87. The molecule has 62 valence electrons. The molecule has 0 saturated carbocycles. The topological polar surface area (TPSA) is 3.24 Å². The molecule has 0 aromatic carbocycles. The maximum absolute atomic E-state index is 3.74. The van der Waals surface area contributed by atoms with E-state index in [1.54, 1.807) is 0 Å². The third-order valence-electron chi connectivity index (χ3n) is 1.74. The molecule has 0 N–H and O–H groups in total. The van der Waals surface area contributed by atoms with Crippen LogP contribution in [0.25, 0.3) is 0 Å². The van der Waals surface area contributed by atoms with E-state index < -0.39 is 0 Å². The van der Waals surface area contributed by atoms with Crippen LogP contribution in [-0.2, 0) is 0 Å². The summed E-state index contributed by atoms with van der Waals surface area (Å²) in [6.07, 6.45) is 1.96. The Hall–Kier alpha value is -0.820. The van der Waals surface area contributed by atoms with Crippen molar-refractivity contribution in [3.63, 3.8) is 0 Å². The largest absolute Gasteiger partial charge is 0.298 e. The second-order valence-corrected chi connectivity index (χ2v) is 2.68. The van der Waals surface area contributed by atoms with E-state index in [0.29, 0.717) is 0 Å². The maximum Gasteiger partial charge on any atom is 0.0233 e. The highest BCUT2D eigenvalue weighted by atomic mass is 15.1. The Morgan fingerprint density at radius 2 is 1.91 bits per heavy atom. The van der Waals surface area contributed by atoms with Gasteiger partial charge in [-0.15, -0.1) is 13.2 Å². The number of nitrogens with zero attached hydrogens (tertiary/aromatic N) is 1. The summed E-state index contributed by atoms with van der Waals surface area (Å²) in [6.45, 7) is 14.1. The summed E-state index contributed by atoms with van der Waals surface area (Å²) in [4.78, 5) is 2.28. The molecule has 0 atom stereocenters. The van der Waals surface area contributed by atoms with Crippen molar-refractivity contribution in [3.8, 4) is 0 Å². The van der Waals surface area contributed by atoms with Crippen molar-refractivity contribution in [2.24, 2.45) is 0 Å². The van der Waals surface area contributed by atoms with Crippen molar-refractivity contribution in [2.45, 2.75) is 6.92 Å². The van der Waals surface area contributed by atoms with Gasteiger partial charge in [0.15, 0.2) is 0 Å². The quantitative estimate of drug-likeness (QED) is 0.519. The number of rotatable bonds is 1. The molecule has 1 aliphatic rings. The zero-order valence-electron chi connectivity index (χ0n) is 7.56. The molecule has 0 aliphatic carbocycles. The van der Waals surface area contributed by atoms with Crippen LogP contribution in [-0.4, -0.2) is 25.0 Å². The van der Waals surface area contributed by atoms with Gasteiger partial charge in [-0.2, -0.15) is 0 Å². The average Bonchev–Trinajstić information content (AvgIpc) is 2.33. The molecule has 0 fully saturated rings. The second-order valence-electron chi connectivity index (χ2n) is 2.68. The molecule has 0 radical (unpaired) electrons. The monoisotopic (exact) mass is 151 g/mol. The fourth-order valence-electron chi connectivity index (χ4n) is 1.23. The zero-order valence-corrected chi connectivity index (χ0v) is 7.56. The molecule has 0 spiro atoms. The van der Waals surface area contributed by atoms with Crippen molar-refractivity contribution in [2.75, 3.05) is 20.1 Å². The Kier molecular flexibility index (Phi) is 4.55. The Bertz CT molecular complexity index is 168. The van der Waals surface area contributed by atoms with Gasteiger partial charge in [0.25, 0.3) is 0 Å². The van der Waals surface area contributed by atoms with Gasteiger partial charge in [0, 0.05) is 13.1 Å². The fraction of sp³-hybridized carbons (Fsp3) is 0.400. The minimum absolute atomic E-state index is 1.08. The molecule has 0 bridgehead atoms. The fourth-order valence-corrected chi connectivity index (χ4v) is 1.23. The van der Waals surface area contributed by atoms with Gasteiger partial charge in [0.05, 0.1) is 0 Å². The lowest BCUT2D eigenvalue weighted by Crippen LogP contribution is -2.14. The number of likely N-dealkylation sites (N-methyl/N-ethyl adjacent to an activating group) is 1. The Labute approximate surface area is 69.7 Å². The van der Waals surface area contributed by atoms with Gasteiger partial charge < -0.3 is 0 Å². The summed E-state index contributed by atoms with van der Waals surface area (Å²) < 4.78 is 0. The van der Waals surface area contributed by atoms with Gasteiger partial charge in [-0.05, 0) is 19.5 Å². The van der Waals surface area contributed by atoms with Crippen molar-refractivity contribution < 1.29 is 0 Å². The molecule has 1 rings (SSSR count). The Morgan fingerprint density at radius 1 is 1.36 bits per heavy atom. The van der Waals surface area contributed by atoms with Gasteiger partial charge >= 0.3 is 0 Å². The maximum atomic E-state index is 3.74. The van der Waals surface area contributed by atoms with Crippen LogP contribution in [0.5, 0.6) is 0 Å². The van der Waals surface area contributed by atoms with Crippen LogP contribution >= 0.6 is 0 Å². The van der Waals surface area contributed by atoms with Gasteiger partial charge in [-0.1, -0.05) is 18.2 Å². The van der Waals surface area contributed by atoms with E-state index in [2.05, 4.69) is 38.6 Å². The molecule has 1 heterocycles. The lowest BCUT2D eigenvalue weighted by molar-refractivity contribution is 0.426. The molecule has 1 nitrogen and oxygen atoms in total. The molecular weight excluding hydrogens is 134 g/mol. The van der Waals surface area contributed by atoms with E-state index in [4.69, 9.17) is 0 Å². The summed E-state index contributed by atoms with van der Waals surface area (Å²) >= 11 is 0. The van der Waals surface area contributed by atoms with Crippen LogP contribution in [0.3, 0.4) is 0 Å². The van der Waals surface area contributed by atoms with Gasteiger partial charge in [0.1, 0.15) is 0 Å². The van der Waals surface area contributed by atoms with Crippen molar-refractivity contribution in [3.05, 3.63) is 37.0 Å². The van der Waals surface area contributed by atoms with E-state index >= 15 is 0 Å². The summed E-state index contributed by atoms with van der Waals surface area (Å²) in [5, 5.41) is 0. The zero-order chi connectivity index (χ0) is 8.85. The SMILES string of the molecule is C=C.C=CC1=C(C)CN(C)C1. The van der Waals surface area contributed by atoms with Gasteiger partial charge in [-0.25, -0.2) is 0 Å². The first-order chi connectivity index (χ1) is 5.24. The van der Waals surface area contributed by atoms with E-state index in [1.807, 2.05) is 6.08 Å². The Morgan fingerprint density at radius 3 is 2.09 bits per heavy atom. The smallest absolute Gasteiger partial charge is 0.0233 e. The summed E-state index contributed by atoms with van der Waals surface area (Å²) in [5.74, 6) is 0. The normalized spacial score (nSPS) is 17.6. The molecule has 0 aromatic rings. The van der Waals surface area contributed by atoms with Crippen LogP contribution in [0.2, 0.25) is 0 Å². The molecule has 0 saturated heterocycles. The molecule has 0 unspecified atom stereocenters. The van der Waals surface area contributed by atoms with Gasteiger partial charge in [0.2, 0.25) is 0 Å². The molecule has 1 heteroatoms. The molecule has 0 amide bonds. The highest BCUT2D eigenvalue weighted by Gasteiger charge is 2.11.